The van der Waals surface area contributed by atoms with Crippen LogP contribution in [0.5, 0.6) is 0 Å². The third-order valence-electron chi connectivity index (χ3n) is 3.58. The number of nitrogens with zero attached hydrogens (tertiary/aromatic N) is 2. The van der Waals surface area contributed by atoms with E-state index < -0.39 is 0 Å². The fraction of sp³-hybridized carbons (Fsp3) is 0.462. The molecule has 1 atom stereocenters. The second-order valence-electron chi connectivity index (χ2n) is 4.31. The lowest BCUT2D eigenvalue weighted by Crippen LogP contribution is -2.48. The van der Waals surface area contributed by atoms with Crippen LogP contribution in [0.2, 0.25) is 0 Å². The molecular formula is C13H18FN3. The maximum Gasteiger partial charge on any atom is 0.192 e. The van der Waals surface area contributed by atoms with E-state index in [0.717, 1.165) is 18.5 Å². The Morgan fingerprint density at radius 1 is 1.35 bits per heavy atom. The molecule has 17 heavy (non-hydrogen) atoms. The number of nitrogens with two attached hydrogens (primary N) is 1. The van der Waals surface area contributed by atoms with E-state index in [9.17, 15) is 4.39 Å². The molecule has 1 heterocycles. The summed E-state index contributed by atoms with van der Waals surface area (Å²) < 4.78 is 13.0. The maximum atomic E-state index is 13.0. The Morgan fingerprint density at radius 3 is 2.53 bits per heavy atom. The highest BCUT2D eigenvalue weighted by Crippen LogP contribution is 2.35. The lowest BCUT2D eigenvalue weighted by molar-refractivity contribution is 0.202. The van der Waals surface area contributed by atoms with E-state index in [1.54, 1.807) is 0 Å². The van der Waals surface area contributed by atoms with Crippen LogP contribution in [0.25, 0.3) is 0 Å². The SMILES string of the molecule is CCN1C(N)=NCC1(CC)c1ccc(F)cc1. The van der Waals surface area contributed by atoms with Gasteiger partial charge in [0.25, 0.3) is 0 Å². The Morgan fingerprint density at radius 2 is 2.00 bits per heavy atom. The van der Waals surface area contributed by atoms with Gasteiger partial charge in [0.15, 0.2) is 5.96 Å². The number of guanidine groups is 1. The lowest BCUT2D eigenvalue weighted by Gasteiger charge is -2.38. The third-order valence-corrected chi connectivity index (χ3v) is 3.58. The van der Waals surface area contributed by atoms with Gasteiger partial charge in [-0.05, 0) is 31.0 Å². The van der Waals surface area contributed by atoms with E-state index in [2.05, 4.69) is 23.7 Å². The molecule has 2 N–H and O–H groups in total. The summed E-state index contributed by atoms with van der Waals surface area (Å²) in [5.41, 5.74) is 6.78. The van der Waals surface area contributed by atoms with Crippen molar-refractivity contribution < 1.29 is 4.39 Å². The quantitative estimate of drug-likeness (QED) is 0.871. The van der Waals surface area contributed by atoms with Crippen LogP contribution in [0.3, 0.4) is 0 Å². The summed E-state index contributed by atoms with van der Waals surface area (Å²) in [6.45, 7) is 5.62. The summed E-state index contributed by atoms with van der Waals surface area (Å²) >= 11 is 0. The zero-order valence-corrected chi connectivity index (χ0v) is 10.3. The van der Waals surface area contributed by atoms with E-state index in [1.165, 1.54) is 12.1 Å². The zero-order valence-electron chi connectivity index (χ0n) is 10.3. The first-order valence-electron chi connectivity index (χ1n) is 5.97. The van der Waals surface area contributed by atoms with Crippen molar-refractivity contribution >= 4 is 5.96 Å². The minimum Gasteiger partial charge on any atom is -0.370 e. The molecule has 0 saturated heterocycles. The molecule has 92 valence electrons. The highest BCUT2D eigenvalue weighted by molar-refractivity contribution is 5.81. The van der Waals surface area contributed by atoms with E-state index in [4.69, 9.17) is 5.73 Å². The van der Waals surface area contributed by atoms with Gasteiger partial charge in [-0.3, -0.25) is 4.99 Å². The molecule has 0 bridgehead atoms. The first kappa shape index (κ1) is 11.9. The van der Waals surface area contributed by atoms with Crippen LogP contribution in [0, 0.1) is 5.82 Å². The van der Waals surface area contributed by atoms with Gasteiger partial charge in [0.1, 0.15) is 5.82 Å². The fourth-order valence-corrected chi connectivity index (χ4v) is 2.58. The number of likely N-dealkylation sites (N-methyl/N-ethyl adjacent to an activating group) is 1. The summed E-state index contributed by atoms with van der Waals surface area (Å²) in [6.07, 6.45) is 0.899. The Labute approximate surface area is 101 Å². The van der Waals surface area contributed by atoms with Crippen LogP contribution in [0.1, 0.15) is 25.8 Å². The number of rotatable bonds is 3. The molecular weight excluding hydrogens is 217 g/mol. The number of aliphatic imine (C=N–C) groups is 1. The molecule has 0 spiro atoms. The van der Waals surface area contributed by atoms with Gasteiger partial charge in [-0.15, -0.1) is 0 Å². The molecule has 1 aromatic rings. The van der Waals surface area contributed by atoms with Crippen LogP contribution >= 0.6 is 0 Å². The van der Waals surface area contributed by atoms with Crippen LogP contribution < -0.4 is 5.73 Å². The Kier molecular flexibility index (Phi) is 3.05. The summed E-state index contributed by atoms with van der Waals surface area (Å²) in [5.74, 6) is 0.369. The minimum absolute atomic E-state index is 0.202. The van der Waals surface area contributed by atoms with Crippen molar-refractivity contribution in [2.24, 2.45) is 10.7 Å². The van der Waals surface area contributed by atoms with Crippen molar-refractivity contribution in [2.45, 2.75) is 25.8 Å². The second-order valence-corrected chi connectivity index (χ2v) is 4.31. The number of halogens is 1. The average molecular weight is 235 g/mol. The lowest BCUT2D eigenvalue weighted by atomic mass is 9.86. The second kappa shape index (κ2) is 4.35. The van der Waals surface area contributed by atoms with E-state index in [0.29, 0.717) is 12.5 Å². The molecule has 4 heteroatoms. The van der Waals surface area contributed by atoms with Crippen LogP contribution in [-0.4, -0.2) is 23.9 Å². The Bertz CT molecular complexity index is 427. The van der Waals surface area contributed by atoms with E-state index >= 15 is 0 Å². The van der Waals surface area contributed by atoms with Crippen LogP contribution in [0.4, 0.5) is 4.39 Å². The zero-order chi connectivity index (χ0) is 12.5. The molecule has 1 unspecified atom stereocenters. The summed E-state index contributed by atoms with van der Waals surface area (Å²) in [4.78, 5) is 6.44. The van der Waals surface area contributed by atoms with E-state index in [1.807, 2.05) is 12.1 Å². The van der Waals surface area contributed by atoms with Crippen molar-refractivity contribution in [3.05, 3.63) is 35.6 Å². The number of hydrogen-bond acceptors (Lipinski definition) is 3. The van der Waals surface area contributed by atoms with Gasteiger partial charge in [0.05, 0.1) is 12.1 Å². The van der Waals surface area contributed by atoms with Gasteiger partial charge in [0.2, 0.25) is 0 Å². The number of benzene rings is 1. The van der Waals surface area contributed by atoms with E-state index in [-0.39, 0.29) is 11.4 Å². The first-order chi connectivity index (χ1) is 8.14. The highest BCUT2D eigenvalue weighted by atomic mass is 19.1. The van der Waals surface area contributed by atoms with Gasteiger partial charge >= 0.3 is 0 Å². The highest BCUT2D eigenvalue weighted by Gasteiger charge is 2.41. The molecule has 1 aliphatic heterocycles. The molecule has 0 aromatic heterocycles. The monoisotopic (exact) mass is 235 g/mol. The first-order valence-corrected chi connectivity index (χ1v) is 5.97. The Balaban J connectivity index is 2.42. The van der Waals surface area contributed by atoms with Gasteiger partial charge in [-0.2, -0.15) is 0 Å². The van der Waals surface area contributed by atoms with Crippen molar-refractivity contribution in [1.82, 2.24) is 4.90 Å². The molecule has 0 aliphatic carbocycles. The predicted molar refractivity (Wildman–Crippen MR) is 67.2 cm³/mol. The number of hydrogen-bond donors (Lipinski definition) is 1. The predicted octanol–water partition coefficient (Wildman–Crippen LogP) is 2.08. The minimum atomic E-state index is -0.213. The standard InChI is InChI=1S/C13H18FN3/c1-3-13(9-16-12(15)17(13)4-2)10-5-7-11(14)8-6-10/h5-8H,3-4,9H2,1-2H3,(H2,15,16). The summed E-state index contributed by atoms with van der Waals surface area (Å²) in [7, 11) is 0. The molecule has 0 saturated carbocycles. The van der Waals surface area contributed by atoms with Gasteiger partial charge in [0, 0.05) is 6.54 Å². The van der Waals surface area contributed by atoms with Crippen molar-refractivity contribution in [3.8, 4) is 0 Å². The molecule has 2 rings (SSSR count). The van der Waals surface area contributed by atoms with Crippen molar-refractivity contribution in [1.29, 1.82) is 0 Å². The molecule has 1 aliphatic rings. The summed E-state index contributed by atoms with van der Waals surface area (Å²) in [5, 5.41) is 0. The fourth-order valence-electron chi connectivity index (χ4n) is 2.58. The van der Waals surface area contributed by atoms with Gasteiger partial charge in [-0.25, -0.2) is 4.39 Å². The maximum absolute atomic E-state index is 13.0. The normalized spacial score (nSPS) is 23.9. The summed E-state index contributed by atoms with van der Waals surface area (Å²) in [6, 6.07) is 6.65. The van der Waals surface area contributed by atoms with Crippen molar-refractivity contribution in [2.75, 3.05) is 13.1 Å². The Hall–Kier alpha value is -1.58. The van der Waals surface area contributed by atoms with Gasteiger partial charge in [-0.1, -0.05) is 19.1 Å². The average Bonchev–Trinajstić information content (AvgIpc) is 2.67. The third kappa shape index (κ3) is 1.77. The molecule has 0 fully saturated rings. The van der Waals surface area contributed by atoms with Crippen LogP contribution in [-0.2, 0) is 5.54 Å². The topological polar surface area (TPSA) is 41.6 Å². The molecule has 0 amide bonds. The van der Waals surface area contributed by atoms with Gasteiger partial charge < -0.3 is 10.6 Å². The molecule has 3 nitrogen and oxygen atoms in total. The van der Waals surface area contributed by atoms with Crippen molar-refractivity contribution in [3.63, 3.8) is 0 Å². The molecule has 0 radical (unpaired) electrons. The molecule has 1 aromatic carbocycles. The smallest absolute Gasteiger partial charge is 0.192 e. The largest absolute Gasteiger partial charge is 0.370 e. The van der Waals surface area contributed by atoms with Crippen LogP contribution in [0.15, 0.2) is 29.3 Å².